The Morgan fingerprint density at radius 2 is 1.24 bits per heavy atom. The van der Waals surface area contributed by atoms with Crippen LogP contribution in [0.5, 0.6) is 0 Å². The number of carbonyl (C=O) groups excluding carboxylic acids is 2. The van der Waals surface area contributed by atoms with Crippen molar-refractivity contribution in [3.8, 4) is 0 Å². The zero-order chi connectivity index (χ0) is 34.0. The SMILES string of the molecule is O=C(NCCNC(=O)[C@@H]1CCCCN1c1nc2ccccc2o1)OCc1ccccc1.O=C(O)[C@@H]1CCCCN1c1nc2ccccc2o1. The van der Waals surface area contributed by atoms with Crippen molar-refractivity contribution in [2.45, 2.75) is 57.2 Å². The summed E-state index contributed by atoms with van der Waals surface area (Å²) in [6, 6.07) is 24.5. The van der Waals surface area contributed by atoms with E-state index in [4.69, 9.17) is 13.6 Å². The largest absolute Gasteiger partial charge is 0.480 e. The number of para-hydroxylation sites is 4. The van der Waals surface area contributed by atoms with Crippen LogP contribution in [0.25, 0.3) is 22.2 Å². The van der Waals surface area contributed by atoms with Gasteiger partial charge in [0.2, 0.25) is 5.91 Å². The summed E-state index contributed by atoms with van der Waals surface area (Å²) in [5, 5.41) is 14.8. The third-order valence-electron chi connectivity index (χ3n) is 8.56. The topological polar surface area (TPSA) is 163 Å². The number of benzene rings is 3. The van der Waals surface area contributed by atoms with E-state index in [0.717, 1.165) is 55.2 Å². The third-order valence-corrected chi connectivity index (χ3v) is 8.56. The molecule has 4 heterocycles. The second-order valence-corrected chi connectivity index (χ2v) is 12.0. The van der Waals surface area contributed by atoms with Crippen molar-refractivity contribution in [2.75, 3.05) is 36.0 Å². The Kier molecular flexibility index (Phi) is 10.9. The van der Waals surface area contributed by atoms with Gasteiger partial charge in [-0.15, -0.1) is 0 Å². The molecular formula is C36H40N6O7. The maximum Gasteiger partial charge on any atom is 0.407 e. The molecule has 49 heavy (non-hydrogen) atoms. The number of carbonyl (C=O) groups is 3. The summed E-state index contributed by atoms with van der Waals surface area (Å²) in [5.41, 5.74) is 3.87. The van der Waals surface area contributed by atoms with Crippen molar-refractivity contribution in [1.29, 1.82) is 0 Å². The number of rotatable bonds is 9. The zero-order valence-electron chi connectivity index (χ0n) is 27.1. The van der Waals surface area contributed by atoms with E-state index < -0.39 is 18.1 Å². The van der Waals surface area contributed by atoms with Gasteiger partial charge in [0.05, 0.1) is 0 Å². The van der Waals surface area contributed by atoms with Gasteiger partial charge in [-0.3, -0.25) is 4.79 Å². The van der Waals surface area contributed by atoms with Crippen LogP contribution in [0.3, 0.4) is 0 Å². The molecule has 2 aromatic heterocycles. The summed E-state index contributed by atoms with van der Waals surface area (Å²) < 4.78 is 16.7. The highest BCUT2D eigenvalue weighted by Crippen LogP contribution is 2.29. The number of nitrogens with zero attached hydrogens (tertiary/aromatic N) is 4. The van der Waals surface area contributed by atoms with E-state index in [1.807, 2.05) is 83.8 Å². The van der Waals surface area contributed by atoms with E-state index in [0.29, 0.717) is 42.7 Å². The van der Waals surface area contributed by atoms with Gasteiger partial charge in [0.15, 0.2) is 11.2 Å². The van der Waals surface area contributed by atoms with Crippen molar-refractivity contribution in [2.24, 2.45) is 0 Å². The Balaban J connectivity index is 0.000000195. The summed E-state index contributed by atoms with van der Waals surface area (Å²) in [7, 11) is 0. The van der Waals surface area contributed by atoms with Gasteiger partial charge in [-0.25, -0.2) is 9.59 Å². The molecule has 2 fully saturated rings. The fraction of sp³-hybridized carbons (Fsp3) is 0.361. The van der Waals surface area contributed by atoms with Crippen molar-refractivity contribution < 1.29 is 33.1 Å². The number of amides is 2. The zero-order valence-corrected chi connectivity index (χ0v) is 27.1. The average molecular weight is 669 g/mol. The van der Waals surface area contributed by atoms with Crippen LogP contribution in [0.4, 0.5) is 16.8 Å². The van der Waals surface area contributed by atoms with Gasteiger partial charge >= 0.3 is 12.1 Å². The molecule has 2 amide bonds. The summed E-state index contributed by atoms with van der Waals surface area (Å²) in [6.45, 7) is 2.21. The van der Waals surface area contributed by atoms with Crippen LogP contribution in [0, 0.1) is 0 Å². The molecule has 2 atom stereocenters. The lowest BCUT2D eigenvalue weighted by Gasteiger charge is -2.33. The Morgan fingerprint density at radius 3 is 1.84 bits per heavy atom. The average Bonchev–Trinajstić information content (AvgIpc) is 3.78. The number of carboxylic acid groups (broad SMARTS) is 1. The second kappa shape index (κ2) is 16.0. The monoisotopic (exact) mass is 668 g/mol. The fourth-order valence-electron chi connectivity index (χ4n) is 6.06. The minimum Gasteiger partial charge on any atom is -0.480 e. The van der Waals surface area contributed by atoms with Gasteiger partial charge in [0, 0.05) is 26.2 Å². The van der Waals surface area contributed by atoms with Crippen LogP contribution in [-0.2, 0) is 20.9 Å². The number of alkyl carbamates (subject to hydrolysis) is 1. The predicted molar refractivity (Wildman–Crippen MR) is 183 cm³/mol. The number of anilines is 2. The second-order valence-electron chi connectivity index (χ2n) is 12.0. The standard InChI is InChI=1S/C23H26N4O4.C13H14N2O3/c28-21(24-13-14-25-23(29)30-16-17-8-2-1-3-9-17)19-11-6-7-15-27(19)22-26-18-10-4-5-12-20(18)31-22;16-12(17)10-6-3-4-8-15(10)13-14-9-5-1-2-7-11(9)18-13/h1-5,8-10,12,19H,6-7,11,13-16H2,(H,24,28)(H,25,29);1-2,5,7,10H,3-4,6,8H2,(H,16,17)/t19-;10-/m00/s1. The lowest BCUT2D eigenvalue weighted by atomic mass is 10.0. The van der Waals surface area contributed by atoms with Gasteiger partial charge in [0.25, 0.3) is 12.0 Å². The molecule has 0 radical (unpaired) electrons. The highest BCUT2D eigenvalue weighted by atomic mass is 16.5. The number of ether oxygens (including phenoxy) is 1. The molecule has 0 bridgehead atoms. The van der Waals surface area contributed by atoms with Crippen molar-refractivity contribution >= 4 is 52.2 Å². The molecule has 0 saturated carbocycles. The number of carboxylic acids is 1. The van der Waals surface area contributed by atoms with Crippen LogP contribution < -0.4 is 20.4 Å². The number of aliphatic carboxylic acids is 1. The maximum atomic E-state index is 12.8. The van der Waals surface area contributed by atoms with Crippen LogP contribution in [-0.4, -0.2) is 71.3 Å². The molecule has 13 heteroatoms. The molecule has 13 nitrogen and oxygen atoms in total. The minimum atomic E-state index is -0.808. The minimum absolute atomic E-state index is 0.0959. The number of oxazole rings is 2. The predicted octanol–water partition coefficient (Wildman–Crippen LogP) is 5.50. The molecule has 5 aromatic rings. The number of nitrogens with one attached hydrogen (secondary N) is 2. The number of hydrogen-bond acceptors (Lipinski definition) is 10. The molecule has 0 unspecified atom stereocenters. The lowest BCUT2D eigenvalue weighted by Crippen LogP contribution is -2.51. The van der Waals surface area contributed by atoms with Gasteiger partial charge in [-0.2, -0.15) is 9.97 Å². The molecule has 2 saturated heterocycles. The first kappa shape index (κ1) is 33.3. The Morgan fingerprint density at radius 1 is 0.714 bits per heavy atom. The highest BCUT2D eigenvalue weighted by Gasteiger charge is 2.32. The smallest absolute Gasteiger partial charge is 0.407 e. The molecule has 2 aliphatic rings. The van der Waals surface area contributed by atoms with E-state index in [1.165, 1.54) is 0 Å². The first-order chi connectivity index (χ1) is 24.0. The Bertz CT molecular complexity index is 1790. The van der Waals surface area contributed by atoms with Gasteiger partial charge in [-0.1, -0.05) is 54.6 Å². The number of piperidine rings is 2. The summed E-state index contributed by atoms with van der Waals surface area (Å²) >= 11 is 0. The highest BCUT2D eigenvalue weighted by molar-refractivity contribution is 5.85. The van der Waals surface area contributed by atoms with Crippen LogP contribution in [0.2, 0.25) is 0 Å². The van der Waals surface area contributed by atoms with E-state index in [2.05, 4.69) is 20.6 Å². The molecular weight excluding hydrogens is 628 g/mol. The van der Waals surface area contributed by atoms with Crippen LogP contribution in [0.1, 0.15) is 44.1 Å². The molecule has 7 rings (SSSR count). The van der Waals surface area contributed by atoms with Crippen molar-refractivity contribution in [3.63, 3.8) is 0 Å². The summed E-state index contributed by atoms with van der Waals surface area (Å²) in [5.74, 6) is -0.904. The van der Waals surface area contributed by atoms with E-state index in [-0.39, 0.29) is 25.1 Å². The van der Waals surface area contributed by atoms with E-state index in [9.17, 15) is 19.5 Å². The number of hydrogen-bond donors (Lipinski definition) is 3. The molecule has 0 spiro atoms. The lowest BCUT2D eigenvalue weighted by molar-refractivity contribution is -0.139. The molecule has 3 N–H and O–H groups in total. The van der Waals surface area contributed by atoms with Gasteiger partial charge in [0.1, 0.15) is 29.7 Å². The fourth-order valence-corrected chi connectivity index (χ4v) is 6.06. The maximum absolute atomic E-state index is 12.8. The Hall–Kier alpha value is -5.59. The molecule has 256 valence electrons. The van der Waals surface area contributed by atoms with E-state index >= 15 is 0 Å². The molecule has 0 aliphatic carbocycles. The quantitative estimate of drug-likeness (QED) is 0.170. The number of fused-ring (bicyclic) bond motifs is 2. The third kappa shape index (κ3) is 8.47. The Labute approximate surface area is 283 Å². The van der Waals surface area contributed by atoms with E-state index in [1.54, 1.807) is 4.90 Å². The normalized spacial score (nSPS) is 17.6. The summed E-state index contributed by atoms with van der Waals surface area (Å²) in [6.07, 6.45) is 4.74. The first-order valence-corrected chi connectivity index (χ1v) is 16.7. The molecule has 3 aromatic carbocycles. The summed E-state index contributed by atoms with van der Waals surface area (Å²) in [4.78, 5) is 48.4. The van der Waals surface area contributed by atoms with Gasteiger partial charge in [-0.05, 0) is 68.4 Å². The first-order valence-electron chi connectivity index (χ1n) is 16.7. The van der Waals surface area contributed by atoms with Crippen molar-refractivity contribution in [3.05, 3.63) is 84.4 Å². The molecule has 2 aliphatic heterocycles. The number of aromatic nitrogens is 2. The van der Waals surface area contributed by atoms with Gasteiger partial charge < -0.3 is 39.1 Å². The van der Waals surface area contributed by atoms with Crippen molar-refractivity contribution in [1.82, 2.24) is 20.6 Å². The van der Waals surface area contributed by atoms with Crippen LogP contribution in [0.15, 0.2) is 87.7 Å². The van der Waals surface area contributed by atoms with Crippen LogP contribution >= 0.6 is 0 Å².